The maximum atomic E-state index is 12.9. The molecule has 0 unspecified atom stereocenters. The first-order valence-electron chi connectivity index (χ1n) is 7.75. The van der Waals surface area contributed by atoms with Crippen molar-refractivity contribution in [2.45, 2.75) is 25.0 Å². The molecule has 2 aromatic rings. The van der Waals surface area contributed by atoms with Gasteiger partial charge in [-0.25, -0.2) is 0 Å². The van der Waals surface area contributed by atoms with Gasteiger partial charge in [-0.05, 0) is 54.8 Å². The molecule has 118 valence electrons. The van der Waals surface area contributed by atoms with Gasteiger partial charge in [0.2, 0.25) is 5.91 Å². The average molecular weight is 347 g/mol. The molecule has 23 heavy (non-hydrogen) atoms. The van der Waals surface area contributed by atoms with E-state index >= 15 is 0 Å². The number of carbonyl (C=O) groups is 1. The summed E-state index contributed by atoms with van der Waals surface area (Å²) in [6.45, 7) is 0.938. The minimum absolute atomic E-state index is 0.0219. The third-order valence-electron chi connectivity index (χ3n) is 4.65. The van der Waals surface area contributed by atoms with Crippen LogP contribution in [0.15, 0.2) is 48.5 Å². The molecule has 2 aromatic carbocycles. The lowest BCUT2D eigenvalue weighted by atomic mass is 10.1. The van der Waals surface area contributed by atoms with Crippen LogP contribution in [0.3, 0.4) is 0 Å². The summed E-state index contributed by atoms with van der Waals surface area (Å²) in [7, 11) is 0. The first-order chi connectivity index (χ1) is 11.1. The fraction of sp³-hybridized carbons (Fsp3) is 0.278. The summed E-state index contributed by atoms with van der Waals surface area (Å²) in [5, 5.41) is 1.37. The molecule has 2 heterocycles. The van der Waals surface area contributed by atoms with E-state index in [9.17, 15) is 4.79 Å². The van der Waals surface area contributed by atoms with Gasteiger partial charge < -0.3 is 0 Å². The maximum Gasteiger partial charge on any atom is 0.246 e. The Morgan fingerprint density at radius 3 is 2.17 bits per heavy atom. The van der Waals surface area contributed by atoms with E-state index in [1.165, 1.54) is 0 Å². The normalized spacial score (nSPS) is 24.3. The molecule has 1 amide bonds. The molecule has 5 heteroatoms. The number of hydrogen-bond donors (Lipinski definition) is 0. The molecule has 0 spiro atoms. The molecular weight excluding hydrogens is 331 g/mol. The van der Waals surface area contributed by atoms with Crippen LogP contribution in [-0.2, 0) is 4.79 Å². The lowest BCUT2D eigenvalue weighted by Gasteiger charge is -2.29. The molecule has 3 nitrogen and oxygen atoms in total. The lowest BCUT2D eigenvalue weighted by molar-refractivity contribution is -0.119. The fourth-order valence-electron chi connectivity index (χ4n) is 3.62. The van der Waals surface area contributed by atoms with Gasteiger partial charge in [0, 0.05) is 22.3 Å². The van der Waals surface area contributed by atoms with Crippen molar-refractivity contribution >= 4 is 34.8 Å². The third-order valence-corrected chi connectivity index (χ3v) is 5.15. The Balaban J connectivity index is 1.79. The first kappa shape index (κ1) is 15.0. The molecule has 0 saturated carbocycles. The summed E-state index contributed by atoms with van der Waals surface area (Å²) in [5.74, 6) is 0.171. The number of benzene rings is 2. The summed E-state index contributed by atoms with van der Waals surface area (Å²) in [4.78, 5) is 17.1. The largest absolute Gasteiger partial charge is 0.291 e. The monoisotopic (exact) mass is 346 g/mol. The minimum atomic E-state index is -0.0755. The predicted octanol–water partition coefficient (Wildman–Crippen LogP) is 4.50. The van der Waals surface area contributed by atoms with Crippen molar-refractivity contribution in [2.24, 2.45) is 0 Å². The molecule has 0 radical (unpaired) electrons. The standard InChI is InChI=1S/C18H16Cl2N2O/c19-13-5-3-12(4-6-13)17-21-11-1-2-16(21)18(23)22(17)15-9-7-14(20)8-10-15/h3-10,16-17H,1-2,11H2/t16-,17+/m0/s1. The molecule has 2 aliphatic heterocycles. The van der Waals surface area contributed by atoms with Gasteiger partial charge in [-0.2, -0.15) is 0 Å². The van der Waals surface area contributed by atoms with Crippen molar-refractivity contribution in [1.82, 2.24) is 4.90 Å². The lowest BCUT2D eigenvalue weighted by Crippen LogP contribution is -2.32. The summed E-state index contributed by atoms with van der Waals surface area (Å²) in [6.07, 6.45) is 1.91. The number of amides is 1. The van der Waals surface area contributed by atoms with Crippen LogP contribution < -0.4 is 4.90 Å². The predicted molar refractivity (Wildman–Crippen MR) is 92.9 cm³/mol. The summed E-state index contributed by atoms with van der Waals surface area (Å²) in [5.41, 5.74) is 1.97. The highest BCUT2D eigenvalue weighted by atomic mass is 35.5. The van der Waals surface area contributed by atoms with Gasteiger partial charge in [-0.15, -0.1) is 0 Å². The van der Waals surface area contributed by atoms with Gasteiger partial charge in [0.05, 0.1) is 6.04 Å². The molecule has 2 fully saturated rings. The molecular formula is C18H16Cl2N2O. The van der Waals surface area contributed by atoms with Gasteiger partial charge in [0.25, 0.3) is 0 Å². The highest BCUT2D eigenvalue weighted by molar-refractivity contribution is 6.30. The van der Waals surface area contributed by atoms with Gasteiger partial charge in [-0.3, -0.25) is 14.6 Å². The van der Waals surface area contributed by atoms with E-state index in [0.29, 0.717) is 10.0 Å². The second kappa shape index (κ2) is 5.82. The molecule has 0 aromatic heterocycles. The van der Waals surface area contributed by atoms with E-state index < -0.39 is 0 Å². The number of carbonyl (C=O) groups excluding carboxylic acids is 1. The topological polar surface area (TPSA) is 23.6 Å². The number of hydrogen-bond acceptors (Lipinski definition) is 2. The van der Waals surface area contributed by atoms with E-state index in [4.69, 9.17) is 23.2 Å². The average Bonchev–Trinajstić information content (AvgIpc) is 3.12. The SMILES string of the molecule is O=C1[C@@H]2CCCN2[C@@H](c2ccc(Cl)cc2)N1c1ccc(Cl)cc1. The van der Waals surface area contributed by atoms with Crippen LogP contribution in [0.25, 0.3) is 0 Å². The van der Waals surface area contributed by atoms with Crippen molar-refractivity contribution in [2.75, 3.05) is 11.4 Å². The summed E-state index contributed by atoms with van der Waals surface area (Å²) < 4.78 is 0. The van der Waals surface area contributed by atoms with Crippen molar-refractivity contribution in [3.8, 4) is 0 Å². The fourth-order valence-corrected chi connectivity index (χ4v) is 3.87. The molecule has 0 N–H and O–H groups in total. The van der Waals surface area contributed by atoms with Crippen LogP contribution in [0.2, 0.25) is 10.0 Å². The Morgan fingerprint density at radius 1 is 0.913 bits per heavy atom. The van der Waals surface area contributed by atoms with E-state index in [1.54, 1.807) is 0 Å². The number of nitrogens with zero attached hydrogens (tertiary/aromatic N) is 2. The van der Waals surface area contributed by atoms with E-state index in [1.807, 2.05) is 53.4 Å². The zero-order chi connectivity index (χ0) is 16.0. The minimum Gasteiger partial charge on any atom is -0.291 e. The molecule has 4 rings (SSSR count). The zero-order valence-corrected chi connectivity index (χ0v) is 14.0. The number of rotatable bonds is 2. The van der Waals surface area contributed by atoms with Crippen molar-refractivity contribution in [3.63, 3.8) is 0 Å². The Hall–Kier alpha value is -1.55. The van der Waals surface area contributed by atoms with Crippen molar-refractivity contribution in [3.05, 3.63) is 64.1 Å². The second-order valence-electron chi connectivity index (χ2n) is 6.01. The van der Waals surface area contributed by atoms with E-state index in [2.05, 4.69) is 4.90 Å². The zero-order valence-electron chi connectivity index (χ0n) is 12.5. The number of anilines is 1. The van der Waals surface area contributed by atoms with Gasteiger partial charge >= 0.3 is 0 Å². The number of fused-ring (bicyclic) bond motifs is 1. The quantitative estimate of drug-likeness (QED) is 0.798. The van der Waals surface area contributed by atoms with Crippen LogP contribution >= 0.6 is 23.2 Å². The molecule has 2 saturated heterocycles. The van der Waals surface area contributed by atoms with Gasteiger partial charge in [-0.1, -0.05) is 35.3 Å². The van der Waals surface area contributed by atoms with Gasteiger partial charge in [0.1, 0.15) is 6.17 Å². The van der Waals surface area contributed by atoms with Crippen LogP contribution in [0.5, 0.6) is 0 Å². The van der Waals surface area contributed by atoms with Crippen LogP contribution in [0, 0.1) is 0 Å². The second-order valence-corrected chi connectivity index (χ2v) is 6.88. The Labute approximate surface area is 145 Å². The van der Waals surface area contributed by atoms with E-state index in [-0.39, 0.29) is 18.1 Å². The number of halogens is 2. The molecule has 2 atom stereocenters. The Kier molecular flexibility index (Phi) is 3.80. The maximum absolute atomic E-state index is 12.9. The van der Waals surface area contributed by atoms with E-state index in [0.717, 1.165) is 30.6 Å². The highest BCUT2D eigenvalue weighted by Crippen LogP contribution is 2.42. The van der Waals surface area contributed by atoms with Crippen LogP contribution in [0.1, 0.15) is 24.6 Å². The molecule has 0 aliphatic carbocycles. The Morgan fingerprint density at radius 2 is 1.52 bits per heavy atom. The molecule has 2 aliphatic rings. The van der Waals surface area contributed by atoms with Crippen LogP contribution in [0.4, 0.5) is 5.69 Å². The third kappa shape index (κ3) is 2.53. The first-order valence-corrected chi connectivity index (χ1v) is 8.50. The highest BCUT2D eigenvalue weighted by Gasteiger charge is 2.49. The molecule has 0 bridgehead atoms. The van der Waals surface area contributed by atoms with Gasteiger partial charge in [0.15, 0.2) is 0 Å². The summed E-state index contributed by atoms with van der Waals surface area (Å²) in [6, 6.07) is 15.2. The van der Waals surface area contributed by atoms with Crippen molar-refractivity contribution < 1.29 is 4.79 Å². The van der Waals surface area contributed by atoms with Crippen LogP contribution in [-0.4, -0.2) is 23.4 Å². The van der Waals surface area contributed by atoms with Crippen molar-refractivity contribution in [1.29, 1.82) is 0 Å². The Bertz CT molecular complexity index is 730. The smallest absolute Gasteiger partial charge is 0.246 e. The summed E-state index contributed by atoms with van der Waals surface area (Å²) >= 11 is 12.0.